The Morgan fingerprint density at radius 3 is 2.12 bits per heavy atom. The van der Waals surface area contributed by atoms with Crippen LogP contribution in [0.4, 0.5) is 0 Å². The molecule has 0 nitrogen and oxygen atoms in total. The zero-order valence-electron chi connectivity index (χ0n) is 5.39. The molecular formula is C7H10Y-2. The van der Waals surface area contributed by atoms with Gasteiger partial charge in [0.05, 0.1) is 0 Å². The van der Waals surface area contributed by atoms with E-state index < -0.39 is 0 Å². The Labute approximate surface area is 76.9 Å². The first kappa shape index (κ1) is 11.4. The van der Waals surface area contributed by atoms with Crippen LogP contribution in [0.2, 0.25) is 0 Å². The summed E-state index contributed by atoms with van der Waals surface area (Å²) in [5.74, 6) is 0.486. The summed E-state index contributed by atoms with van der Waals surface area (Å²) in [6.07, 6.45) is 6.20. The maximum atomic E-state index is 5.03. The van der Waals surface area contributed by atoms with Crippen LogP contribution in [-0.4, -0.2) is 0 Å². The Balaban J connectivity index is 0. The Kier molecular flexibility index (Phi) is 10.8. The van der Waals surface area contributed by atoms with Gasteiger partial charge in [0.2, 0.25) is 0 Å². The molecule has 0 aliphatic rings. The van der Waals surface area contributed by atoms with Gasteiger partial charge in [0.25, 0.3) is 0 Å². The van der Waals surface area contributed by atoms with Gasteiger partial charge >= 0.3 is 0 Å². The first-order chi connectivity index (χ1) is 3.27. The van der Waals surface area contributed by atoms with E-state index in [1.165, 1.54) is 6.08 Å². The average molecular weight is 183 g/mol. The standard InChI is InChI=1S/C7H10.Y/c1-4-5-6-7(2)3;/h1,4-5,7H,2-3H3;/q-2;. The van der Waals surface area contributed by atoms with Crippen molar-refractivity contribution in [1.29, 1.82) is 0 Å². The minimum absolute atomic E-state index is 0. The Bertz CT molecular complexity index is 72.5. The van der Waals surface area contributed by atoms with E-state index in [4.69, 9.17) is 6.58 Å². The third-order valence-electron chi connectivity index (χ3n) is 0.526. The van der Waals surface area contributed by atoms with E-state index in [0.29, 0.717) is 5.92 Å². The molecule has 0 aromatic rings. The third-order valence-corrected chi connectivity index (χ3v) is 0.526. The van der Waals surface area contributed by atoms with Crippen molar-refractivity contribution in [3.8, 4) is 0 Å². The maximum absolute atomic E-state index is 5.03. The normalized spacial score (nSPS) is 9.38. The van der Waals surface area contributed by atoms with Crippen molar-refractivity contribution in [3.05, 3.63) is 24.8 Å². The molecule has 0 heterocycles. The van der Waals surface area contributed by atoms with Crippen LogP contribution < -0.4 is 0 Å². The summed E-state index contributed by atoms with van der Waals surface area (Å²) in [4.78, 5) is 0. The second-order valence-corrected chi connectivity index (χ2v) is 1.68. The van der Waals surface area contributed by atoms with Crippen molar-refractivity contribution in [2.24, 2.45) is 5.92 Å². The molecule has 0 aliphatic heterocycles. The van der Waals surface area contributed by atoms with Crippen molar-refractivity contribution >= 4 is 0 Å². The summed E-state index contributed by atoms with van der Waals surface area (Å²) >= 11 is 0. The fourth-order valence-corrected chi connectivity index (χ4v) is 0.248. The van der Waals surface area contributed by atoms with Gasteiger partial charge in [-0.15, -0.1) is 5.92 Å². The molecule has 0 bridgehead atoms. The van der Waals surface area contributed by atoms with Crippen molar-refractivity contribution in [2.45, 2.75) is 13.8 Å². The fraction of sp³-hybridized carbons (Fsp3) is 0.429. The molecule has 0 N–H and O–H groups in total. The fourth-order valence-electron chi connectivity index (χ4n) is 0.248. The summed E-state index contributed by atoms with van der Waals surface area (Å²) < 4.78 is 0. The SMILES string of the molecule is [CH-]=CC=[C-]C(C)C.[Y]. The van der Waals surface area contributed by atoms with Crippen LogP contribution in [0, 0.1) is 18.6 Å². The van der Waals surface area contributed by atoms with E-state index in [1.807, 2.05) is 0 Å². The molecule has 0 aromatic heterocycles. The summed E-state index contributed by atoms with van der Waals surface area (Å²) in [5, 5.41) is 0. The largest absolute Gasteiger partial charge is 0.394 e. The molecule has 0 rings (SSSR count). The third kappa shape index (κ3) is 9.77. The van der Waals surface area contributed by atoms with Gasteiger partial charge in [0.15, 0.2) is 0 Å². The van der Waals surface area contributed by atoms with Gasteiger partial charge < -0.3 is 24.8 Å². The molecule has 0 saturated heterocycles. The van der Waals surface area contributed by atoms with Gasteiger partial charge in [-0.2, -0.15) is 0 Å². The van der Waals surface area contributed by atoms with E-state index in [-0.39, 0.29) is 32.7 Å². The molecule has 0 saturated carbocycles. The molecule has 0 unspecified atom stereocenters. The minimum atomic E-state index is 0. The minimum Gasteiger partial charge on any atom is -0.394 e. The molecule has 0 amide bonds. The smallest absolute Gasteiger partial charge is 0 e. The molecule has 43 valence electrons. The zero-order valence-corrected chi connectivity index (χ0v) is 8.23. The summed E-state index contributed by atoms with van der Waals surface area (Å²) in [6.45, 7) is 9.14. The summed E-state index contributed by atoms with van der Waals surface area (Å²) in [7, 11) is 0. The van der Waals surface area contributed by atoms with Crippen LogP contribution >= 0.6 is 0 Å². The predicted molar refractivity (Wildman–Crippen MR) is 31.5 cm³/mol. The van der Waals surface area contributed by atoms with E-state index >= 15 is 0 Å². The first-order valence-electron chi connectivity index (χ1n) is 2.40. The van der Waals surface area contributed by atoms with Crippen LogP contribution in [0.15, 0.2) is 12.2 Å². The van der Waals surface area contributed by atoms with E-state index in [2.05, 4.69) is 19.9 Å². The molecule has 0 fully saturated rings. The van der Waals surface area contributed by atoms with Gasteiger partial charge in [-0.3, -0.25) is 0 Å². The van der Waals surface area contributed by atoms with Gasteiger partial charge in [0, 0.05) is 32.7 Å². The molecule has 1 radical (unpaired) electrons. The van der Waals surface area contributed by atoms with Crippen LogP contribution in [-0.2, 0) is 32.7 Å². The second kappa shape index (κ2) is 7.58. The summed E-state index contributed by atoms with van der Waals surface area (Å²) in [5.41, 5.74) is 0. The molecule has 0 aliphatic carbocycles. The predicted octanol–water partition coefficient (Wildman–Crippen LogP) is 1.99. The van der Waals surface area contributed by atoms with Gasteiger partial charge in [-0.05, 0) is 0 Å². The van der Waals surface area contributed by atoms with Gasteiger partial charge in [-0.25, -0.2) is 0 Å². The number of allylic oxidation sites excluding steroid dienone is 3. The molecule has 0 aromatic carbocycles. The van der Waals surface area contributed by atoms with Crippen molar-refractivity contribution < 1.29 is 32.7 Å². The summed E-state index contributed by atoms with van der Waals surface area (Å²) in [6, 6.07) is 0. The molecule has 1 heteroatoms. The molecule has 8 heavy (non-hydrogen) atoms. The van der Waals surface area contributed by atoms with E-state index in [1.54, 1.807) is 6.08 Å². The number of hydrogen-bond donors (Lipinski definition) is 0. The molecule has 0 atom stereocenters. The van der Waals surface area contributed by atoms with Crippen molar-refractivity contribution in [2.75, 3.05) is 0 Å². The van der Waals surface area contributed by atoms with Crippen LogP contribution in [0.25, 0.3) is 0 Å². The molecule has 0 spiro atoms. The Morgan fingerprint density at radius 2 is 2.00 bits per heavy atom. The maximum Gasteiger partial charge on any atom is 0 e. The Hall–Kier alpha value is 0.584. The van der Waals surface area contributed by atoms with E-state index in [0.717, 1.165) is 0 Å². The number of hydrogen-bond acceptors (Lipinski definition) is 0. The van der Waals surface area contributed by atoms with Crippen molar-refractivity contribution in [1.82, 2.24) is 0 Å². The quantitative estimate of drug-likeness (QED) is 0.453. The van der Waals surface area contributed by atoms with Gasteiger partial charge in [-0.1, -0.05) is 13.8 Å². The molecular weight excluding hydrogens is 173 g/mol. The topological polar surface area (TPSA) is 0 Å². The van der Waals surface area contributed by atoms with Crippen molar-refractivity contribution in [3.63, 3.8) is 0 Å². The van der Waals surface area contributed by atoms with E-state index in [9.17, 15) is 0 Å². The average Bonchev–Trinajstić information content (AvgIpc) is 1.61. The second-order valence-electron chi connectivity index (χ2n) is 1.68. The van der Waals surface area contributed by atoms with Gasteiger partial charge in [0.1, 0.15) is 0 Å². The zero-order chi connectivity index (χ0) is 5.70. The van der Waals surface area contributed by atoms with Crippen LogP contribution in [0.5, 0.6) is 0 Å². The first-order valence-corrected chi connectivity index (χ1v) is 2.40. The van der Waals surface area contributed by atoms with Crippen LogP contribution in [0.1, 0.15) is 13.8 Å². The monoisotopic (exact) mass is 183 g/mol. The Morgan fingerprint density at radius 1 is 1.50 bits per heavy atom. The van der Waals surface area contributed by atoms with Crippen LogP contribution in [0.3, 0.4) is 0 Å². The number of rotatable bonds is 2.